The second-order valence-electron chi connectivity index (χ2n) is 4.39. The molecule has 1 atom stereocenters. The Balaban J connectivity index is 2.27. The van der Waals surface area contributed by atoms with E-state index in [9.17, 15) is 8.42 Å². The molecule has 0 aliphatic rings. The zero-order chi connectivity index (χ0) is 14.8. The number of hydrogen-bond acceptors (Lipinski definition) is 5. The molecule has 0 amide bonds. The van der Waals surface area contributed by atoms with Crippen molar-refractivity contribution < 1.29 is 12.8 Å². The van der Waals surface area contributed by atoms with Crippen LogP contribution in [0.5, 0.6) is 0 Å². The quantitative estimate of drug-likeness (QED) is 0.882. The van der Waals surface area contributed by atoms with Crippen LogP contribution in [0.15, 0.2) is 39.8 Å². The number of nitrogens with zero attached hydrogens (tertiary/aromatic N) is 1. The standard InChI is InChI=1S/C13H17N3O3S/c1-9-6-7-11(19-9)10(2)16-20(17,18)12-5-4-8-15-13(12)14-3/h4-8,10,16H,1-3H3,(H,14,15). The van der Waals surface area contributed by atoms with Crippen LogP contribution >= 0.6 is 0 Å². The molecule has 2 N–H and O–H groups in total. The van der Waals surface area contributed by atoms with E-state index < -0.39 is 16.1 Å². The molecule has 0 saturated heterocycles. The minimum Gasteiger partial charge on any atom is -0.465 e. The first kappa shape index (κ1) is 14.5. The third-order valence-corrected chi connectivity index (χ3v) is 4.39. The number of aryl methyl sites for hydroxylation is 1. The van der Waals surface area contributed by atoms with Gasteiger partial charge in [-0.25, -0.2) is 18.1 Å². The molecule has 1 unspecified atom stereocenters. The molecular weight excluding hydrogens is 278 g/mol. The lowest BCUT2D eigenvalue weighted by atomic mass is 10.3. The molecule has 0 bridgehead atoms. The molecule has 2 aromatic rings. The Morgan fingerprint density at radius 1 is 1.30 bits per heavy atom. The highest BCUT2D eigenvalue weighted by Gasteiger charge is 2.23. The summed E-state index contributed by atoms with van der Waals surface area (Å²) < 4.78 is 32.7. The summed E-state index contributed by atoms with van der Waals surface area (Å²) in [6.45, 7) is 3.54. The molecule has 6 nitrogen and oxygen atoms in total. The minimum absolute atomic E-state index is 0.109. The monoisotopic (exact) mass is 295 g/mol. The number of furan rings is 1. The van der Waals surface area contributed by atoms with E-state index in [4.69, 9.17) is 4.42 Å². The fraction of sp³-hybridized carbons (Fsp3) is 0.308. The molecule has 0 saturated carbocycles. The molecule has 20 heavy (non-hydrogen) atoms. The zero-order valence-corrected chi connectivity index (χ0v) is 12.4. The summed E-state index contributed by atoms with van der Waals surface area (Å²) in [4.78, 5) is 4.10. The van der Waals surface area contributed by atoms with Crippen LogP contribution in [0.1, 0.15) is 24.5 Å². The maximum atomic E-state index is 12.4. The number of aromatic nitrogens is 1. The van der Waals surface area contributed by atoms with Gasteiger partial charge in [-0.1, -0.05) is 0 Å². The Labute approximate surface area is 118 Å². The Bertz CT molecular complexity index is 694. The summed E-state index contributed by atoms with van der Waals surface area (Å²) in [6, 6.07) is 6.17. The van der Waals surface area contributed by atoms with E-state index in [1.54, 1.807) is 32.2 Å². The first-order valence-corrected chi connectivity index (χ1v) is 7.64. The van der Waals surface area contributed by atoms with Crippen molar-refractivity contribution in [2.75, 3.05) is 12.4 Å². The number of nitrogens with one attached hydrogen (secondary N) is 2. The molecule has 2 heterocycles. The third-order valence-electron chi connectivity index (χ3n) is 2.82. The fourth-order valence-electron chi connectivity index (χ4n) is 1.84. The van der Waals surface area contributed by atoms with Crippen LogP contribution in [-0.4, -0.2) is 20.4 Å². The van der Waals surface area contributed by atoms with Gasteiger partial charge in [-0.05, 0) is 38.1 Å². The Morgan fingerprint density at radius 2 is 2.05 bits per heavy atom. The SMILES string of the molecule is CNc1ncccc1S(=O)(=O)NC(C)c1ccc(C)o1. The zero-order valence-electron chi connectivity index (χ0n) is 11.5. The summed E-state index contributed by atoms with van der Waals surface area (Å²) in [6.07, 6.45) is 1.53. The molecule has 0 aromatic carbocycles. The maximum absolute atomic E-state index is 12.4. The molecule has 0 aliphatic carbocycles. The van der Waals surface area contributed by atoms with Crippen LogP contribution in [0.2, 0.25) is 0 Å². The van der Waals surface area contributed by atoms with Crippen LogP contribution < -0.4 is 10.0 Å². The average Bonchev–Trinajstić information content (AvgIpc) is 2.85. The van der Waals surface area contributed by atoms with E-state index in [-0.39, 0.29) is 4.90 Å². The minimum atomic E-state index is -3.68. The summed E-state index contributed by atoms with van der Waals surface area (Å²) in [5, 5.41) is 2.77. The van der Waals surface area contributed by atoms with Gasteiger partial charge >= 0.3 is 0 Å². The average molecular weight is 295 g/mol. The molecular formula is C13H17N3O3S. The first-order chi connectivity index (χ1) is 9.44. The van der Waals surface area contributed by atoms with Gasteiger partial charge in [0.1, 0.15) is 22.2 Å². The van der Waals surface area contributed by atoms with E-state index in [1.165, 1.54) is 12.3 Å². The molecule has 2 rings (SSSR count). The lowest BCUT2D eigenvalue weighted by Crippen LogP contribution is -2.27. The van der Waals surface area contributed by atoms with E-state index in [0.717, 1.165) is 5.76 Å². The summed E-state index contributed by atoms with van der Waals surface area (Å²) in [5.74, 6) is 1.62. The van der Waals surface area contributed by atoms with Crippen molar-refractivity contribution >= 4 is 15.8 Å². The highest BCUT2D eigenvalue weighted by molar-refractivity contribution is 7.89. The van der Waals surface area contributed by atoms with Gasteiger partial charge in [0, 0.05) is 13.2 Å². The fourth-order valence-corrected chi connectivity index (χ4v) is 3.21. The molecule has 2 aromatic heterocycles. The van der Waals surface area contributed by atoms with Gasteiger partial charge in [0.25, 0.3) is 0 Å². The van der Waals surface area contributed by atoms with Gasteiger partial charge in [-0.15, -0.1) is 0 Å². The second-order valence-corrected chi connectivity index (χ2v) is 6.07. The molecule has 0 spiro atoms. The topological polar surface area (TPSA) is 84.2 Å². The number of hydrogen-bond donors (Lipinski definition) is 2. The van der Waals surface area contributed by atoms with Gasteiger partial charge in [0.2, 0.25) is 10.0 Å². The van der Waals surface area contributed by atoms with Crippen molar-refractivity contribution in [2.45, 2.75) is 24.8 Å². The predicted octanol–water partition coefficient (Wildman–Crippen LogP) is 2.06. The van der Waals surface area contributed by atoms with Crippen LogP contribution in [0, 0.1) is 6.92 Å². The Morgan fingerprint density at radius 3 is 2.65 bits per heavy atom. The molecule has 108 valence electrons. The highest BCUT2D eigenvalue weighted by atomic mass is 32.2. The van der Waals surface area contributed by atoms with Crippen LogP contribution in [-0.2, 0) is 10.0 Å². The molecule has 7 heteroatoms. The smallest absolute Gasteiger partial charge is 0.244 e. The molecule has 0 aliphatic heterocycles. The Hall–Kier alpha value is -1.86. The summed E-state index contributed by atoms with van der Waals surface area (Å²) in [7, 11) is -2.05. The van der Waals surface area contributed by atoms with Crippen molar-refractivity contribution in [3.8, 4) is 0 Å². The normalized spacial score (nSPS) is 13.2. The van der Waals surface area contributed by atoms with E-state index in [1.807, 2.05) is 6.92 Å². The number of sulfonamides is 1. The van der Waals surface area contributed by atoms with Crippen molar-refractivity contribution in [3.63, 3.8) is 0 Å². The second kappa shape index (κ2) is 5.64. The van der Waals surface area contributed by atoms with Crippen molar-refractivity contribution in [3.05, 3.63) is 42.0 Å². The van der Waals surface area contributed by atoms with Crippen LogP contribution in [0.3, 0.4) is 0 Å². The largest absolute Gasteiger partial charge is 0.465 e. The van der Waals surface area contributed by atoms with Crippen LogP contribution in [0.4, 0.5) is 5.82 Å². The number of anilines is 1. The van der Waals surface area contributed by atoms with Gasteiger partial charge < -0.3 is 9.73 Å². The number of pyridine rings is 1. The lowest BCUT2D eigenvalue weighted by molar-refractivity contribution is 0.441. The van der Waals surface area contributed by atoms with Gasteiger partial charge in [0.05, 0.1) is 6.04 Å². The number of rotatable bonds is 5. The highest BCUT2D eigenvalue weighted by Crippen LogP contribution is 2.22. The van der Waals surface area contributed by atoms with E-state index >= 15 is 0 Å². The van der Waals surface area contributed by atoms with Gasteiger partial charge in [0.15, 0.2) is 0 Å². The van der Waals surface area contributed by atoms with E-state index in [2.05, 4.69) is 15.0 Å². The van der Waals surface area contributed by atoms with Crippen LogP contribution in [0.25, 0.3) is 0 Å². The first-order valence-electron chi connectivity index (χ1n) is 6.15. The van der Waals surface area contributed by atoms with Crippen molar-refractivity contribution in [1.82, 2.24) is 9.71 Å². The predicted molar refractivity (Wildman–Crippen MR) is 76.0 cm³/mol. The molecule has 0 radical (unpaired) electrons. The summed E-state index contributed by atoms with van der Waals surface area (Å²) >= 11 is 0. The van der Waals surface area contributed by atoms with Gasteiger partial charge in [-0.3, -0.25) is 0 Å². The van der Waals surface area contributed by atoms with Gasteiger partial charge in [-0.2, -0.15) is 0 Å². The van der Waals surface area contributed by atoms with Crippen molar-refractivity contribution in [1.29, 1.82) is 0 Å². The van der Waals surface area contributed by atoms with E-state index in [0.29, 0.717) is 11.6 Å². The summed E-state index contributed by atoms with van der Waals surface area (Å²) in [5.41, 5.74) is 0. The molecule has 0 fully saturated rings. The lowest BCUT2D eigenvalue weighted by Gasteiger charge is -2.14. The maximum Gasteiger partial charge on any atom is 0.244 e. The third kappa shape index (κ3) is 3.00. The van der Waals surface area contributed by atoms with Crippen molar-refractivity contribution in [2.24, 2.45) is 0 Å². The Kier molecular flexibility index (Phi) is 4.10.